The van der Waals surface area contributed by atoms with E-state index in [9.17, 15) is 53.9 Å². The maximum Gasteiger partial charge on any atom is 0.573 e. The number of nitrogens with zero attached hydrogens (tertiary/aromatic N) is 17. The van der Waals surface area contributed by atoms with Crippen molar-refractivity contribution in [3.8, 4) is 90.7 Å². The fourth-order valence-corrected chi connectivity index (χ4v) is 11.2. The number of halogens is 9. The molecule has 0 aliphatic heterocycles. The Kier molecular flexibility index (Phi) is 25.6. The van der Waals surface area contributed by atoms with Crippen molar-refractivity contribution in [3.05, 3.63) is 269 Å². The largest absolute Gasteiger partial charge is 0.573 e. The molecule has 0 unspecified atom stereocenters. The number of hydrogen-bond donors (Lipinski definition) is 1. The van der Waals surface area contributed by atoms with E-state index < -0.39 is 19.1 Å². The molecule has 6 aromatic carbocycles. The third kappa shape index (κ3) is 21.7. The topological polar surface area (TPSA) is 298 Å². The average Bonchev–Trinajstić information content (AvgIpc) is 1.02. The van der Waals surface area contributed by atoms with Crippen LogP contribution in [-0.2, 0) is 39.3 Å². The molecule has 0 saturated heterocycles. The van der Waals surface area contributed by atoms with E-state index in [2.05, 4.69) is 74.4 Å². The maximum atomic E-state index is 13.1. The van der Waals surface area contributed by atoms with Gasteiger partial charge in [-0.25, -0.2) is 24.0 Å². The first-order chi connectivity index (χ1) is 54.3. The van der Waals surface area contributed by atoms with Gasteiger partial charge in [-0.05, 0) is 107 Å². The summed E-state index contributed by atoms with van der Waals surface area (Å²) in [7, 11) is 3.52. The number of benzene rings is 6. The molecule has 0 saturated carbocycles. The van der Waals surface area contributed by atoms with Crippen LogP contribution in [0, 0.1) is 6.92 Å². The zero-order valence-corrected chi connectivity index (χ0v) is 59.4. The number of alkyl halides is 9. The van der Waals surface area contributed by atoms with Crippen LogP contribution in [0.4, 0.5) is 39.5 Å². The molecule has 0 bridgehead atoms. The van der Waals surface area contributed by atoms with Gasteiger partial charge in [-0.15, -0.1) is 39.5 Å². The maximum absolute atomic E-state index is 13.1. The molecule has 15 rings (SSSR count). The van der Waals surface area contributed by atoms with E-state index in [1.165, 1.54) is 113 Å². The predicted octanol–water partition coefficient (Wildman–Crippen LogP) is 13.4. The number of methoxy groups -OCH3 is 2. The summed E-state index contributed by atoms with van der Waals surface area (Å²) < 4.78 is 147. The Labute approximate surface area is 640 Å². The molecule has 0 spiro atoms. The first-order valence-electron chi connectivity index (χ1n) is 33.7. The van der Waals surface area contributed by atoms with Crippen LogP contribution in [0.25, 0.3) is 88.0 Å². The van der Waals surface area contributed by atoms with Crippen LogP contribution in [0.15, 0.2) is 247 Å². The van der Waals surface area contributed by atoms with Gasteiger partial charge in [0.25, 0.3) is 16.7 Å². The first kappa shape index (κ1) is 80.9. The molecule has 9 heterocycles. The van der Waals surface area contributed by atoms with Crippen LogP contribution in [0.1, 0.15) is 13.0 Å². The molecule has 0 amide bonds. The minimum atomic E-state index is -4.76. The van der Waals surface area contributed by atoms with Gasteiger partial charge in [0.05, 0.1) is 119 Å². The van der Waals surface area contributed by atoms with E-state index in [1.807, 2.05) is 37.6 Å². The Morgan fingerprint density at radius 1 is 0.368 bits per heavy atom. The number of aromatic nitrogens is 17. The summed E-state index contributed by atoms with van der Waals surface area (Å²) in [6.07, 6.45) is 10.8. The van der Waals surface area contributed by atoms with Gasteiger partial charge in [-0.3, -0.25) is 33.4 Å². The molecule has 0 aliphatic rings. The van der Waals surface area contributed by atoms with Gasteiger partial charge in [-0.1, -0.05) is 86.3 Å². The molecular weight excluding hydrogens is 1500 g/mol. The quantitative estimate of drug-likeness (QED) is 0.0516. The zero-order valence-electron chi connectivity index (χ0n) is 59.4. The van der Waals surface area contributed by atoms with Gasteiger partial charge in [0.2, 0.25) is 0 Å². The normalized spacial score (nSPS) is 11.3. The number of aryl methyl sites for hydroxylation is 7. The van der Waals surface area contributed by atoms with Gasteiger partial charge in [0.1, 0.15) is 23.0 Å². The van der Waals surface area contributed by atoms with E-state index in [-0.39, 0.29) is 59.9 Å². The lowest BCUT2D eigenvalue weighted by atomic mass is 10.0. The highest BCUT2D eigenvalue weighted by atomic mass is 19.4. The highest BCUT2D eigenvalue weighted by molar-refractivity contribution is 6.17. The molecule has 114 heavy (non-hydrogen) atoms. The summed E-state index contributed by atoms with van der Waals surface area (Å²) in [6, 6.07) is 36.6. The Hall–Kier alpha value is -14.1. The van der Waals surface area contributed by atoms with Crippen molar-refractivity contribution < 1.29 is 72.9 Å². The molecule has 0 atom stereocenters. The Bertz CT molecular complexity index is 5920. The van der Waals surface area contributed by atoms with Crippen LogP contribution in [0.3, 0.4) is 0 Å². The molecule has 9 aromatic heterocycles. The Balaban J connectivity index is 0.000000158. The number of rotatable bonds is 21. The summed E-state index contributed by atoms with van der Waals surface area (Å²) in [5.41, 5.74) is 7.76. The van der Waals surface area contributed by atoms with Gasteiger partial charge >= 0.3 is 38.8 Å². The van der Waals surface area contributed by atoms with Crippen LogP contribution in [0.5, 0.6) is 35.0 Å². The van der Waals surface area contributed by atoms with E-state index >= 15 is 0 Å². The van der Waals surface area contributed by atoms with Gasteiger partial charge in [-0.2, -0.15) is 40.6 Å². The lowest BCUT2D eigenvalue weighted by Crippen LogP contribution is -2.25. The van der Waals surface area contributed by atoms with E-state index in [4.69, 9.17) is 14.5 Å². The van der Waals surface area contributed by atoms with Crippen molar-refractivity contribution in [2.45, 2.75) is 72.7 Å². The molecule has 15 aromatic rings. The average molecular weight is 1570 g/mol. The van der Waals surface area contributed by atoms with E-state index in [1.54, 1.807) is 131 Å². The molecule has 1 radical (unpaired) electrons. The minimum Gasteiger partial charge on any atom is -0.535 e. The summed E-state index contributed by atoms with van der Waals surface area (Å²) in [5, 5.41) is 37.2. The first-order valence-corrected chi connectivity index (χ1v) is 33.7. The second-order valence-corrected chi connectivity index (χ2v) is 24.2. The SMILES string of the molecule is C.COc1ncc(-c2cnn(CCn3ncc4ccc(-c5ccc(OC(F)(F)F)cc5)cc4c3=O)c2)cn1.COc1ncc(O[B]O)cn1.Cc1cnn(CCn2ncc3ccc(-c4ccc(OC(F)(F)F)cc4)cc3c2=O)c1.O=c1c2cc(-c3ccc(OC(F)(F)F)cc3)ccc2cnn1CCn1cc(-c2cccnc2)cn1. The summed E-state index contributed by atoms with van der Waals surface area (Å²) >= 11 is 0. The highest BCUT2D eigenvalue weighted by Gasteiger charge is 2.33. The fraction of sp³-hybridized carbons (Fsp3) is 0.169. The van der Waals surface area contributed by atoms with Crippen molar-refractivity contribution in [2.24, 2.45) is 0 Å². The lowest BCUT2D eigenvalue weighted by molar-refractivity contribution is -0.275. The second kappa shape index (κ2) is 36.1. The Morgan fingerprint density at radius 3 is 1.05 bits per heavy atom. The van der Waals surface area contributed by atoms with Gasteiger partial charge in [0.15, 0.2) is 0 Å². The van der Waals surface area contributed by atoms with Crippen molar-refractivity contribution in [1.82, 2.24) is 83.6 Å². The third-order valence-corrected chi connectivity index (χ3v) is 16.6. The van der Waals surface area contributed by atoms with Crippen molar-refractivity contribution in [3.63, 3.8) is 0 Å². The van der Waals surface area contributed by atoms with Crippen LogP contribution < -0.4 is 45.0 Å². The molecule has 0 fully saturated rings. The van der Waals surface area contributed by atoms with Gasteiger partial charge < -0.3 is 33.4 Å². The Morgan fingerprint density at radius 2 is 0.719 bits per heavy atom. The standard InChI is InChI=1S/C25H19F3N6O3.C25H18F3N5O2.C21H17F3N4O2.C5H6BN2O3.CH4/c1-36-24-29-11-19(12-30-24)20-14-31-33(15-20)8-9-34-23(35)22-10-17(2-3-18(22)13-32-34)16-4-6-21(7-5-16)37-25(26,27)28;26-25(27,28)35-22-7-5-17(6-8-22)18-3-4-20-14-31-33(24(34)23(20)12-18)11-10-32-16-21(15-30-32)19-2-1-9-29-13-19;1-14-11-25-27(13-14)8-9-28-20(29)19-10-16(2-3-17(19)12-26-28)15-4-6-18(7-5-15)30-21(22,23)24;1-10-5-7-2-4(3-8-5)11-6-9;/h2-7,10-15H,8-9H2,1H3;1-9,12-16H,10-11H2;2-7,10-13H,8-9H2,1H3;2-3,9H,1H3;1H4. The minimum absolute atomic E-state index is 0. The monoisotopic (exact) mass is 1570 g/mol. The smallest absolute Gasteiger partial charge is 0.535 e. The van der Waals surface area contributed by atoms with Crippen LogP contribution in [-0.4, -0.2) is 130 Å². The number of fused-ring (bicyclic) bond motifs is 3. The molecule has 27 nitrogen and oxygen atoms in total. The predicted molar refractivity (Wildman–Crippen MR) is 401 cm³/mol. The highest BCUT2D eigenvalue weighted by Crippen LogP contribution is 2.32. The van der Waals surface area contributed by atoms with Crippen LogP contribution in [0.2, 0.25) is 0 Å². The van der Waals surface area contributed by atoms with Crippen molar-refractivity contribution in [1.29, 1.82) is 0 Å². The number of hydrogen-bond acceptors (Lipinski definition) is 21. The fourth-order valence-electron chi connectivity index (χ4n) is 11.2. The zero-order chi connectivity index (χ0) is 79.8. The molecule has 0 aliphatic carbocycles. The molecule has 37 heteroatoms. The van der Waals surface area contributed by atoms with Crippen molar-refractivity contribution in [2.75, 3.05) is 14.2 Å². The number of ether oxygens (including phenoxy) is 5. The van der Waals surface area contributed by atoms with Crippen LogP contribution >= 0.6 is 0 Å². The summed E-state index contributed by atoms with van der Waals surface area (Å²) in [6.45, 7) is 4.25. The lowest BCUT2D eigenvalue weighted by Gasteiger charge is -2.10. The van der Waals surface area contributed by atoms with E-state index in [0.717, 1.165) is 27.8 Å². The second-order valence-electron chi connectivity index (χ2n) is 24.2. The molecule has 583 valence electrons. The third-order valence-electron chi connectivity index (χ3n) is 16.6. The van der Waals surface area contributed by atoms with Crippen molar-refractivity contribution >= 4 is 40.0 Å². The van der Waals surface area contributed by atoms with E-state index in [0.29, 0.717) is 112 Å². The summed E-state index contributed by atoms with van der Waals surface area (Å²) in [4.78, 5) is 58.8. The number of pyridine rings is 1. The molecule has 1 N–H and O–H groups in total. The van der Waals surface area contributed by atoms with Gasteiger partial charge in [0, 0.05) is 81.8 Å². The molecular formula is C77H64BF9N17O10. The summed E-state index contributed by atoms with van der Waals surface area (Å²) in [5.74, 6) is -0.565.